The van der Waals surface area contributed by atoms with E-state index in [0.717, 1.165) is 16.5 Å². The molecule has 0 fully saturated rings. The number of halogens is 1. The molecule has 0 saturated carbocycles. The Balaban J connectivity index is 2.18. The fourth-order valence-corrected chi connectivity index (χ4v) is 2.89. The van der Waals surface area contributed by atoms with Crippen molar-refractivity contribution >= 4 is 16.7 Å². The van der Waals surface area contributed by atoms with E-state index in [0.29, 0.717) is 23.6 Å². The van der Waals surface area contributed by atoms with Crippen LogP contribution in [0, 0.1) is 5.82 Å². The molecule has 0 amide bonds. The van der Waals surface area contributed by atoms with Gasteiger partial charge in [0.05, 0.1) is 25.1 Å². The van der Waals surface area contributed by atoms with Gasteiger partial charge in [-0.2, -0.15) is 0 Å². The fourth-order valence-electron chi connectivity index (χ4n) is 2.89. The number of rotatable bonds is 5. The number of ether oxygens (including phenoxy) is 2. The van der Waals surface area contributed by atoms with Gasteiger partial charge >= 0.3 is 0 Å². The van der Waals surface area contributed by atoms with Crippen LogP contribution < -0.4 is 9.47 Å². The summed E-state index contributed by atoms with van der Waals surface area (Å²) in [5.41, 5.74) is 2.38. The fraction of sp³-hybridized carbons (Fsp3) is 0.211. The van der Waals surface area contributed by atoms with Gasteiger partial charge in [-0.25, -0.2) is 4.39 Å². The Morgan fingerprint density at radius 3 is 2.38 bits per heavy atom. The molecule has 0 N–H and O–H groups in total. The highest BCUT2D eigenvalue weighted by Crippen LogP contribution is 2.38. The lowest BCUT2D eigenvalue weighted by atomic mass is 10.1. The van der Waals surface area contributed by atoms with Crippen molar-refractivity contribution in [2.45, 2.75) is 13.5 Å². The molecule has 0 spiro atoms. The molecule has 3 aromatic rings. The number of Topliss-reactive ketones (excluding diaryl/α,β-unsaturated/α-hetero) is 1. The molecule has 0 unspecified atom stereocenters. The van der Waals surface area contributed by atoms with Crippen LogP contribution in [0.1, 0.15) is 22.8 Å². The van der Waals surface area contributed by atoms with Crippen molar-refractivity contribution in [1.82, 2.24) is 4.57 Å². The van der Waals surface area contributed by atoms with Gasteiger partial charge < -0.3 is 14.0 Å². The van der Waals surface area contributed by atoms with Crippen molar-refractivity contribution in [1.29, 1.82) is 0 Å². The smallest absolute Gasteiger partial charge is 0.170 e. The number of carbonyl (C=O) groups is 1. The van der Waals surface area contributed by atoms with Crippen LogP contribution in [-0.2, 0) is 6.54 Å². The molecule has 4 nitrogen and oxygen atoms in total. The highest BCUT2D eigenvalue weighted by atomic mass is 19.1. The third-order valence-electron chi connectivity index (χ3n) is 4.03. The topological polar surface area (TPSA) is 40.5 Å². The van der Waals surface area contributed by atoms with Gasteiger partial charge in [0, 0.05) is 18.3 Å². The SMILES string of the molecule is COc1ccc2c(c(C(C)=O)cn2Cc2ccc(F)cc2)c1OC. The Labute approximate surface area is 139 Å². The molecular formula is C19H18FNO3. The first-order valence-corrected chi connectivity index (χ1v) is 7.54. The Bertz CT molecular complexity index is 897. The molecule has 2 aromatic carbocycles. The molecule has 1 heterocycles. The lowest BCUT2D eigenvalue weighted by molar-refractivity contribution is 0.101. The maximum Gasteiger partial charge on any atom is 0.170 e. The molecule has 0 radical (unpaired) electrons. The highest BCUT2D eigenvalue weighted by Gasteiger charge is 2.19. The van der Waals surface area contributed by atoms with Crippen LogP contribution >= 0.6 is 0 Å². The second kappa shape index (κ2) is 6.35. The quantitative estimate of drug-likeness (QED) is 0.664. The van der Waals surface area contributed by atoms with Crippen LogP contribution in [0.25, 0.3) is 10.9 Å². The lowest BCUT2D eigenvalue weighted by Gasteiger charge is -2.11. The van der Waals surface area contributed by atoms with E-state index in [4.69, 9.17) is 9.47 Å². The second-order valence-corrected chi connectivity index (χ2v) is 5.55. The monoisotopic (exact) mass is 327 g/mol. The van der Waals surface area contributed by atoms with E-state index in [2.05, 4.69) is 0 Å². The Hall–Kier alpha value is -2.82. The van der Waals surface area contributed by atoms with E-state index >= 15 is 0 Å². The van der Waals surface area contributed by atoms with Crippen molar-refractivity contribution < 1.29 is 18.7 Å². The molecule has 0 atom stereocenters. The van der Waals surface area contributed by atoms with Gasteiger partial charge in [-0.3, -0.25) is 4.79 Å². The Kier molecular flexibility index (Phi) is 4.25. The van der Waals surface area contributed by atoms with E-state index in [1.165, 1.54) is 19.1 Å². The molecule has 1 aromatic heterocycles. The van der Waals surface area contributed by atoms with Gasteiger partial charge in [0.2, 0.25) is 0 Å². The highest BCUT2D eigenvalue weighted by molar-refractivity contribution is 6.10. The zero-order valence-electron chi connectivity index (χ0n) is 13.8. The summed E-state index contributed by atoms with van der Waals surface area (Å²) in [6.45, 7) is 2.05. The summed E-state index contributed by atoms with van der Waals surface area (Å²) >= 11 is 0. The van der Waals surface area contributed by atoms with E-state index in [9.17, 15) is 9.18 Å². The van der Waals surface area contributed by atoms with Crippen LogP contribution in [0.2, 0.25) is 0 Å². The average molecular weight is 327 g/mol. The second-order valence-electron chi connectivity index (χ2n) is 5.55. The summed E-state index contributed by atoms with van der Waals surface area (Å²) in [5, 5.41) is 0.728. The number of methoxy groups -OCH3 is 2. The first-order chi connectivity index (χ1) is 11.5. The molecular weight excluding hydrogens is 309 g/mol. The minimum atomic E-state index is -0.271. The van der Waals surface area contributed by atoms with E-state index in [1.807, 2.05) is 16.7 Å². The standard InChI is InChI=1S/C19H18FNO3/c1-12(22)15-11-21(10-13-4-6-14(20)7-5-13)16-8-9-17(23-2)19(24-3)18(15)16/h4-9,11H,10H2,1-3H3. The number of hydrogen-bond donors (Lipinski definition) is 0. The third-order valence-corrected chi connectivity index (χ3v) is 4.03. The van der Waals surface area contributed by atoms with Crippen LogP contribution in [0.15, 0.2) is 42.6 Å². The van der Waals surface area contributed by atoms with Crippen molar-refractivity contribution in [3.8, 4) is 11.5 Å². The minimum Gasteiger partial charge on any atom is -0.493 e. The van der Waals surface area contributed by atoms with Crippen LogP contribution in [0.3, 0.4) is 0 Å². The van der Waals surface area contributed by atoms with Crippen molar-refractivity contribution in [2.24, 2.45) is 0 Å². The predicted octanol–water partition coefficient (Wildman–Crippen LogP) is 4.05. The zero-order valence-corrected chi connectivity index (χ0v) is 13.8. The number of hydrogen-bond acceptors (Lipinski definition) is 3. The molecule has 0 aliphatic rings. The van der Waals surface area contributed by atoms with Crippen LogP contribution in [0.5, 0.6) is 11.5 Å². The maximum atomic E-state index is 13.1. The number of carbonyl (C=O) groups excluding carboxylic acids is 1. The van der Waals surface area contributed by atoms with E-state index in [1.54, 1.807) is 32.5 Å². The number of fused-ring (bicyclic) bond motifs is 1. The first kappa shape index (κ1) is 16.1. The van der Waals surface area contributed by atoms with Gasteiger partial charge in [0.15, 0.2) is 17.3 Å². The summed E-state index contributed by atoms with van der Waals surface area (Å²) in [6.07, 6.45) is 1.80. The molecule has 24 heavy (non-hydrogen) atoms. The molecule has 3 rings (SSSR count). The molecule has 0 saturated heterocycles. The normalized spacial score (nSPS) is 10.8. The van der Waals surface area contributed by atoms with Gasteiger partial charge in [-0.05, 0) is 36.8 Å². The largest absolute Gasteiger partial charge is 0.493 e. The van der Waals surface area contributed by atoms with Crippen LogP contribution in [0.4, 0.5) is 4.39 Å². The zero-order chi connectivity index (χ0) is 17.3. The Morgan fingerprint density at radius 2 is 1.79 bits per heavy atom. The number of benzene rings is 2. The molecule has 0 aliphatic heterocycles. The van der Waals surface area contributed by atoms with Crippen molar-refractivity contribution in [3.63, 3.8) is 0 Å². The van der Waals surface area contributed by atoms with Crippen molar-refractivity contribution in [2.75, 3.05) is 14.2 Å². The summed E-state index contributed by atoms with van der Waals surface area (Å²) < 4.78 is 25.9. The number of aromatic nitrogens is 1. The third kappa shape index (κ3) is 2.73. The molecule has 0 aliphatic carbocycles. The van der Waals surface area contributed by atoms with Gasteiger partial charge in [-0.15, -0.1) is 0 Å². The summed E-state index contributed by atoms with van der Waals surface area (Å²) in [7, 11) is 3.12. The lowest BCUT2D eigenvalue weighted by Crippen LogP contribution is -1.98. The molecule has 0 bridgehead atoms. The van der Waals surface area contributed by atoms with E-state index < -0.39 is 0 Å². The number of ketones is 1. The van der Waals surface area contributed by atoms with Gasteiger partial charge in [-0.1, -0.05) is 12.1 Å². The summed E-state index contributed by atoms with van der Waals surface area (Å²) in [5.74, 6) is 0.793. The van der Waals surface area contributed by atoms with Crippen molar-refractivity contribution in [3.05, 3.63) is 59.5 Å². The summed E-state index contributed by atoms with van der Waals surface area (Å²) in [6, 6.07) is 10.0. The summed E-state index contributed by atoms with van der Waals surface area (Å²) in [4.78, 5) is 12.1. The van der Waals surface area contributed by atoms with Crippen LogP contribution in [-0.4, -0.2) is 24.6 Å². The minimum absolute atomic E-state index is 0.0515. The number of nitrogens with zero attached hydrogens (tertiary/aromatic N) is 1. The predicted molar refractivity (Wildman–Crippen MR) is 90.5 cm³/mol. The maximum absolute atomic E-state index is 13.1. The first-order valence-electron chi connectivity index (χ1n) is 7.54. The van der Waals surface area contributed by atoms with E-state index in [-0.39, 0.29) is 11.6 Å². The molecule has 5 heteroatoms. The average Bonchev–Trinajstić information content (AvgIpc) is 2.95. The molecule has 124 valence electrons. The Morgan fingerprint density at radius 1 is 1.08 bits per heavy atom. The van der Waals surface area contributed by atoms with Gasteiger partial charge in [0.1, 0.15) is 5.82 Å². The van der Waals surface area contributed by atoms with Gasteiger partial charge in [0.25, 0.3) is 0 Å².